The van der Waals surface area contributed by atoms with Crippen molar-refractivity contribution in [1.29, 1.82) is 0 Å². The van der Waals surface area contributed by atoms with Crippen molar-refractivity contribution in [3.8, 4) is 0 Å². The zero-order valence-corrected chi connectivity index (χ0v) is 16.6. The molecule has 1 amide bonds. The fourth-order valence-electron chi connectivity index (χ4n) is 2.73. The molecule has 10 nitrogen and oxygen atoms in total. The van der Waals surface area contributed by atoms with Crippen LogP contribution >= 0.6 is 0 Å². The zero-order valence-electron chi connectivity index (χ0n) is 15.7. The normalized spacial score (nSPS) is 11.2. The first kappa shape index (κ1) is 21.1. The zero-order chi connectivity index (χ0) is 21.7. The lowest BCUT2D eigenvalue weighted by Crippen LogP contribution is -2.41. The third-order valence-electron chi connectivity index (χ3n) is 4.30. The molecular formula is C19H19N5O5S. The number of rotatable bonds is 7. The maximum absolute atomic E-state index is 12.6. The number of nitrogens with zero attached hydrogens (tertiary/aromatic N) is 2. The van der Waals surface area contributed by atoms with E-state index in [1.807, 2.05) is 0 Å². The third-order valence-corrected chi connectivity index (χ3v) is 5.23. The molecule has 2 heterocycles. The number of carbonyl (C=O) groups excluding carboxylic acids is 1. The first-order valence-corrected chi connectivity index (χ1v) is 10.4. The molecule has 0 aliphatic rings. The van der Waals surface area contributed by atoms with Crippen LogP contribution in [0.2, 0.25) is 0 Å². The number of nitrogens with two attached hydrogens (primary N) is 1. The first-order chi connectivity index (χ1) is 14.3. The standard InChI is InChI=1S/C19H19N5O5S/c20-30(28,29)15-6-4-13(5-7-15)8-10-22-17(25)16-11-23-19(27)24(18(16)26)12-14-3-1-2-9-21-14/h1-7,9,11H,8,10,12H2,(H,22,25)(H,23,27)(H2,20,28,29). The number of sulfonamides is 1. The molecule has 30 heavy (non-hydrogen) atoms. The van der Waals surface area contributed by atoms with Gasteiger partial charge in [-0.15, -0.1) is 0 Å². The largest absolute Gasteiger partial charge is 0.351 e. The number of benzene rings is 1. The lowest BCUT2D eigenvalue weighted by atomic mass is 10.1. The summed E-state index contributed by atoms with van der Waals surface area (Å²) in [4.78, 5) is 43.5. The molecular weight excluding hydrogens is 410 g/mol. The minimum atomic E-state index is -3.76. The first-order valence-electron chi connectivity index (χ1n) is 8.88. The molecule has 0 unspecified atom stereocenters. The molecule has 156 valence electrons. The van der Waals surface area contributed by atoms with Crippen LogP contribution in [0.25, 0.3) is 0 Å². The Labute approximate surface area is 171 Å². The van der Waals surface area contributed by atoms with Crippen LogP contribution in [0, 0.1) is 0 Å². The molecule has 3 rings (SSSR count). The second-order valence-electron chi connectivity index (χ2n) is 6.41. The van der Waals surface area contributed by atoms with Gasteiger partial charge in [0.1, 0.15) is 5.56 Å². The number of H-pyrrole nitrogens is 1. The van der Waals surface area contributed by atoms with Crippen molar-refractivity contribution in [3.63, 3.8) is 0 Å². The van der Waals surface area contributed by atoms with Gasteiger partial charge in [-0.3, -0.25) is 19.1 Å². The van der Waals surface area contributed by atoms with E-state index >= 15 is 0 Å². The van der Waals surface area contributed by atoms with E-state index in [2.05, 4.69) is 15.3 Å². The summed E-state index contributed by atoms with van der Waals surface area (Å²) in [7, 11) is -3.76. The monoisotopic (exact) mass is 429 g/mol. The van der Waals surface area contributed by atoms with Gasteiger partial charge in [0.05, 0.1) is 17.1 Å². The quantitative estimate of drug-likeness (QED) is 0.464. The van der Waals surface area contributed by atoms with Crippen LogP contribution in [0.4, 0.5) is 0 Å². The molecule has 0 radical (unpaired) electrons. The molecule has 0 bridgehead atoms. The van der Waals surface area contributed by atoms with Gasteiger partial charge in [0, 0.05) is 18.9 Å². The second-order valence-corrected chi connectivity index (χ2v) is 7.98. The highest BCUT2D eigenvalue weighted by Crippen LogP contribution is 2.09. The van der Waals surface area contributed by atoms with E-state index in [-0.39, 0.29) is 23.5 Å². The van der Waals surface area contributed by atoms with Gasteiger partial charge >= 0.3 is 5.69 Å². The number of amides is 1. The molecule has 0 fully saturated rings. The Morgan fingerprint density at radius 2 is 1.87 bits per heavy atom. The average molecular weight is 429 g/mol. The van der Waals surface area contributed by atoms with Crippen LogP contribution in [0.15, 0.2) is 69.3 Å². The van der Waals surface area contributed by atoms with Gasteiger partial charge in [-0.25, -0.2) is 18.4 Å². The summed E-state index contributed by atoms with van der Waals surface area (Å²) in [6, 6.07) is 11.0. The van der Waals surface area contributed by atoms with E-state index in [1.54, 1.807) is 36.5 Å². The molecule has 0 saturated heterocycles. The minimum absolute atomic E-state index is 0.00279. The molecule has 3 aromatic rings. The fourth-order valence-corrected chi connectivity index (χ4v) is 3.25. The summed E-state index contributed by atoms with van der Waals surface area (Å²) in [5, 5.41) is 7.66. The summed E-state index contributed by atoms with van der Waals surface area (Å²) < 4.78 is 23.4. The number of aromatic amines is 1. The van der Waals surface area contributed by atoms with Crippen LogP contribution in [0.3, 0.4) is 0 Å². The summed E-state index contributed by atoms with van der Waals surface area (Å²) in [6.07, 6.45) is 3.03. The highest BCUT2D eigenvalue weighted by Gasteiger charge is 2.15. The topological polar surface area (TPSA) is 157 Å². The van der Waals surface area contributed by atoms with Crippen molar-refractivity contribution >= 4 is 15.9 Å². The van der Waals surface area contributed by atoms with Gasteiger partial charge in [0.15, 0.2) is 0 Å². The maximum atomic E-state index is 12.6. The number of nitrogens with one attached hydrogen (secondary N) is 2. The van der Waals surface area contributed by atoms with Gasteiger partial charge < -0.3 is 10.3 Å². The molecule has 0 spiro atoms. The summed E-state index contributed by atoms with van der Waals surface area (Å²) in [5.41, 5.74) is -0.283. The molecule has 4 N–H and O–H groups in total. The van der Waals surface area contributed by atoms with Crippen molar-refractivity contribution in [2.75, 3.05) is 6.54 Å². The van der Waals surface area contributed by atoms with Crippen molar-refractivity contribution in [2.45, 2.75) is 17.9 Å². The van der Waals surface area contributed by atoms with E-state index in [0.29, 0.717) is 12.1 Å². The molecule has 2 aromatic heterocycles. The summed E-state index contributed by atoms with van der Waals surface area (Å²) >= 11 is 0. The SMILES string of the molecule is NS(=O)(=O)c1ccc(CCNC(=O)c2c[nH]c(=O)n(Cc3ccccn3)c2=O)cc1. The molecule has 0 saturated carbocycles. The second kappa shape index (κ2) is 8.84. The van der Waals surface area contributed by atoms with Gasteiger partial charge in [0.2, 0.25) is 10.0 Å². The van der Waals surface area contributed by atoms with Gasteiger partial charge in [-0.05, 0) is 36.2 Å². The molecule has 0 aliphatic carbocycles. The summed E-state index contributed by atoms with van der Waals surface area (Å²) in [6.45, 7) is 0.138. The van der Waals surface area contributed by atoms with E-state index in [9.17, 15) is 22.8 Å². The number of pyridine rings is 1. The molecule has 0 atom stereocenters. The number of primary sulfonamides is 1. The van der Waals surface area contributed by atoms with Gasteiger partial charge in [-0.1, -0.05) is 18.2 Å². The fraction of sp³-hybridized carbons (Fsp3) is 0.158. The Balaban J connectivity index is 1.68. The van der Waals surface area contributed by atoms with Crippen LogP contribution in [0.5, 0.6) is 0 Å². The number of hydrogen-bond acceptors (Lipinski definition) is 6. The third kappa shape index (κ3) is 5.07. The Morgan fingerprint density at radius 1 is 1.13 bits per heavy atom. The van der Waals surface area contributed by atoms with Crippen LogP contribution in [-0.4, -0.2) is 35.4 Å². The van der Waals surface area contributed by atoms with E-state index in [1.165, 1.54) is 12.1 Å². The maximum Gasteiger partial charge on any atom is 0.328 e. The Hall–Kier alpha value is -3.57. The predicted octanol–water partition coefficient (Wildman–Crippen LogP) is -0.400. The van der Waals surface area contributed by atoms with Gasteiger partial charge in [-0.2, -0.15) is 0 Å². The van der Waals surface area contributed by atoms with Crippen molar-refractivity contribution in [1.82, 2.24) is 19.9 Å². The number of hydrogen-bond donors (Lipinski definition) is 3. The van der Waals surface area contributed by atoms with Gasteiger partial charge in [0.25, 0.3) is 11.5 Å². The van der Waals surface area contributed by atoms with Crippen LogP contribution in [-0.2, 0) is 23.0 Å². The van der Waals surface area contributed by atoms with Crippen molar-refractivity contribution in [2.24, 2.45) is 5.14 Å². The summed E-state index contributed by atoms with van der Waals surface area (Å²) in [5.74, 6) is -0.632. The highest BCUT2D eigenvalue weighted by atomic mass is 32.2. The van der Waals surface area contributed by atoms with Crippen LogP contribution in [0.1, 0.15) is 21.6 Å². The Bertz CT molecular complexity index is 1270. The predicted molar refractivity (Wildman–Crippen MR) is 109 cm³/mol. The Morgan fingerprint density at radius 3 is 2.50 bits per heavy atom. The van der Waals surface area contributed by atoms with E-state index < -0.39 is 27.2 Å². The molecule has 11 heteroatoms. The highest BCUT2D eigenvalue weighted by molar-refractivity contribution is 7.89. The lowest BCUT2D eigenvalue weighted by molar-refractivity contribution is 0.0951. The van der Waals surface area contributed by atoms with E-state index in [0.717, 1.165) is 16.3 Å². The lowest BCUT2D eigenvalue weighted by Gasteiger charge is -2.08. The van der Waals surface area contributed by atoms with E-state index in [4.69, 9.17) is 5.14 Å². The number of carbonyl (C=O) groups is 1. The average Bonchev–Trinajstić information content (AvgIpc) is 2.71. The minimum Gasteiger partial charge on any atom is -0.351 e. The van der Waals surface area contributed by atoms with Crippen molar-refractivity contribution in [3.05, 3.63) is 92.5 Å². The van der Waals surface area contributed by atoms with Crippen molar-refractivity contribution < 1.29 is 13.2 Å². The number of aromatic nitrogens is 3. The Kier molecular flexibility index (Phi) is 6.23. The van der Waals surface area contributed by atoms with Crippen LogP contribution < -0.4 is 21.7 Å². The smallest absolute Gasteiger partial charge is 0.328 e. The molecule has 1 aromatic carbocycles. The molecule has 0 aliphatic heterocycles.